The summed E-state index contributed by atoms with van der Waals surface area (Å²) in [4.78, 5) is 53.2. The molecule has 1 aliphatic heterocycles. The molecule has 2 aromatic carbocycles. The van der Waals surface area contributed by atoms with Crippen LogP contribution in [0, 0.1) is 11.7 Å². The largest absolute Gasteiger partial charge is 0.497 e. The molecule has 0 spiro atoms. The molecule has 0 aliphatic carbocycles. The normalized spacial score (nSPS) is 16.4. The maximum absolute atomic E-state index is 13.9. The minimum atomic E-state index is -0.910. The number of nitrogens with one attached hydrogen (secondary N) is 3. The van der Waals surface area contributed by atoms with Crippen molar-refractivity contribution in [1.29, 1.82) is 0 Å². The van der Waals surface area contributed by atoms with Gasteiger partial charge in [-0.15, -0.1) is 0 Å². The quantitative estimate of drug-likeness (QED) is 0.386. The summed E-state index contributed by atoms with van der Waals surface area (Å²) < 4.78 is 24.8. The van der Waals surface area contributed by atoms with Gasteiger partial charge in [-0.05, 0) is 61.6 Å². The Hall–Kier alpha value is -4.41. The number of para-hydroxylation sites is 1. The first-order valence-electron chi connectivity index (χ1n) is 13.2. The van der Waals surface area contributed by atoms with Gasteiger partial charge in [-0.25, -0.2) is 9.18 Å². The van der Waals surface area contributed by atoms with Crippen molar-refractivity contribution in [2.75, 3.05) is 25.5 Å². The van der Waals surface area contributed by atoms with Gasteiger partial charge in [0.05, 0.1) is 25.4 Å². The minimum absolute atomic E-state index is 0.0184. The van der Waals surface area contributed by atoms with Crippen LogP contribution in [-0.4, -0.2) is 60.8 Å². The Balaban J connectivity index is 1.39. The van der Waals surface area contributed by atoms with Crippen LogP contribution in [0.4, 0.5) is 14.9 Å². The van der Waals surface area contributed by atoms with Gasteiger partial charge in [-0.3, -0.25) is 14.4 Å². The number of ether oxygens (including phenoxy) is 1. The van der Waals surface area contributed by atoms with Crippen LogP contribution in [0.5, 0.6) is 5.75 Å². The van der Waals surface area contributed by atoms with Crippen molar-refractivity contribution < 1.29 is 32.7 Å². The number of hydrogen-bond acceptors (Lipinski definition) is 6. The van der Waals surface area contributed by atoms with Crippen LogP contribution in [0.1, 0.15) is 43.7 Å². The van der Waals surface area contributed by atoms with Crippen molar-refractivity contribution in [1.82, 2.24) is 15.5 Å². The lowest BCUT2D eigenvalue weighted by molar-refractivity contribution is -0.129. The van der Waals surface area contributed by atoms with Crippen LogP contribution < -0.4 is 20.7 Å². The van der Waals surface area contributed by atoms with E-state index in [0.717, 1.165) is 0 Å². The molecular formula is C29H33FN4O6. The lowest BCUT2D eigenvalue weighted by Crippen LogP contribution is -2.52. The molecule has 0 saturated carbocycles. The number of ketones is 1. The van der Waals surface area contributed by atoms with Crippen LogP contribution in [0.15, 0.2) is 52.9 Å². The second kappa shape index (κ2) is 12.6. The molecule has 3 aromatic rings. The van der Waals surface area contributed by atoms with Crippen LogP contribution in [0.3, 0.4) is 0 Å². The molecule has 2 heterocycles. The molecule has 1 unspecified atom stereocenters. The van der Waals surface area contributed by atoms with Gasteiger partial charge in [0, 0.05) is 11.9 Å². The van der Waals surface area contributed by atoms with Crippen LogP contribution in [0.25, 0.3) is 11.0 Å². The second-order valence-electron chi connectivity index (χ2n) is 10.2. The Labute approximate surface area is 231 Å². The number of benzene rings is 2. The monoisotopic (exact) mass is 552 g/mol. The molecular weight excluding hydrogens is 519 g/mol. The number of likely N-dealkylation sites (tertiary alicyclic amines) is 1. The number of hydrogen-bond donors (Lipinski definition) is 3. The zero-order chi connectivity index (χ0) is 28.8. The van der Waals surface area contributed by atoms with Crippen molar-refractivity contribution >= 4 is 40.3 Å². The molecule has 212 valence electrons. The lowest BCUT2D eigenvalue weighted by atomic mass is 10.0. The van der Waals surface area contributed by atoms with E-state index in [1.807, 2.05) is 13.8 Å². The molecule has 10 nitrogen and oxygen atoms in total. The van der Waals surface area contributed by atoms with Crippen LogP contribution in [0.2, 0.25) is 0 Å². The molecule has 3 N–H and O–H groups in total. The SMILES string of the molecule is COc1ccc2oc(C(=O)N[C@@H](CC(C)C)C(=O)NC3CCCN(C(=O)Nc4ccccc4F)CC3=O)cc2c1. The smallest absolute Gasteiger partial charge is 0.322 e. The summed E-state index contributed by atoms with van der Waals surface area (Å²) in [5.41, 5.74) is 0.522. The fourth-order valence-corrected chi connectivity index (χ4v) is 4.57. The zero-order valence-corrected chi connectivity index (χ0v) is 22.7. The van der Waals surface area contributed by atoms with Crippen molar-refractivity contribution in [3.8, 4) is 5.75 Å². The van der Waals surface area contributed by atoms with Gasteiger partial charge >= 0.3 is 6.03 Å². The molecule has 11 heteroatoms. The zero-order valence-electron chi connectivity index (χ0n) is 22.7. The Morgan fingerprint density at radius 1 is 1.15 bits per heavy atom. The Bertz CT molecular complexity index is 1400. The fourth-order valence-electron chi connectivity index (χ4n) is 4.57. The summed E-state index contributed by atoms with van der Waals surface area (Å²) in [5.74, 6) is -1.25. The summed E-state index contributed by atoms with van der Waals surface area (Å²) in [7, 11) is 1.54. The predicted octanol–water partition coefficient (Wildman–Crippen LogP) is 4.11. The number of urea groups is 1. The Morgan fingerprint density at radius 2 is 1.93 bits per heavy atom. The number of nitrogens with zero attached hydrogens (tertiary/aromatic N) is 1. The summed E-state index contributed by atoms with van der Waals surface area (Å²) >= 11 is 0. The number of amides is 4. The highest BCUT2D eigenvalue weighted by molar-refractivity contribution is 6.00. The van der Waals surface area contributed by atoms with Gasteiger partial charge in [-0.2, -0.15) is 0 Å². The number of methoxy groups -OCH3 is 1. The topological polar surface area (TPSA) is 130 Å². The number of halogens is 1. The molecule has 2 atom stereocenters. The van der Waals surface area contributed by atoms with Gasteiger partial charge in [0.2, 0.25) is 5.91 Å². The molecule has 0 radical (unpaired) electrons. The highest BCUT2D eigenvalue weighted by Crippen LogP contribution is 2.24. The number of fused-ring (bicyclic) bond motifs is 1. The Morgan fingerprint density at radius 3 is 2.65 bits per heavy atom. The number of rotatable bonds is 8. The number of carbonyl (C=O) groups excluding carboxylic acids is 4. The van der Waals surface area contributed by atoms with E-state index in [1.165, 1.54) is 23.1 Å². The Kier molecular flexibility index (Phi) is 9.03. The molecule has 1 aliphatic rings. The fraction of sp³-hybridized carbons (Fsp3) is 0.379. The highest BCUT2D eigenvalue weighted by Gasteiger charge is 2.32. The maximum atomic E-state index is 13.9. The average molecular weight is 553 g/mol. The molecule has 40 heavy (non-hydrogen) atoms. The van der Waals surface area contributed by atoms with Crippen molar-refractivity contribution in [3.05, 3.63) is 60.1 Å². The standard InChI is InChI=1S/C29H33FN4O6/c1-17(2)13-23(32-28(37)26-15-18-14-19(39-3)10-11-25(18)40-26)27(36)31-22-9-6-12-34(16-24(22)35)29(38)33-21-8-5-4-7-20(21)30/h4-5,7-8,10-11,14-15,17,22-23H,6,9,12-13,16H2,1-3H3,(H,31,36)(H,32,37)(H,33,38)/t22?,23-/m0/s1. The summed E-state index contributed by atoms with van der Waals surface area (Å²) in [6.07, 6.45) is 1.11. The first-order chi connectivity index (χ1) is 19.1. The first kappa shape index (κ1) is 28.6. The molecule has 0 bridgehead atoms. The first-order valence-corrected chi connectivity index (χ1v) is 13.2. The second-order valence-corrected chi connectivity index (χ2v) is 10.2. The van der Waals surface area contributed by atoms with E-state index in [1.54, 1.807) is 37.4 Å². The summed E-state index contributed by atoms with van der Waals surface area (Å²) in [5, 5.41) is 8.67. The van der Waals surface area contributed by atoms with Crippen molar-refractivity contribution in [3.63, 3.8) is 0 Å². The third-order valence-electron chi connectivity index (χ3n) is 6.65. The van der Waals surface area contributed by atoms with E-state index < -0.39 is 35.7 Å². The maximum Gasteiger partial charge on any atom is 0.322 e. The third kappa shape index (κ3) is 6.96. The van der Waals surface area contributed by atoms with Gasteiger partial charge < -0.3 is 30.0 Å². The van der Waals surface area contributed by atoms with E-state index in [9.17, 15) is 23.6 Å². The van der Waals surface area contributed by atoms with Gasteiger partial charge in [0.25, 0.3) is 5.91 Å². The lowest BCUT2D eigenvalue weighted by Gasteiger charge is -2.23. The van der Waals surface area contributed by atoms with Gasteiger partial charge in [0.1, 0.15) is 23.2 Å². The number of anilines is 1. The van der Waals surface area contributed by atoms with E-state index in [-0.39, 0.29) is 36.2 Å². The molecule has 4 amide bonds. The molecule has 4 rings (SSSR count). The number of furan rings is 1. The average Bonchev–Trinajstić information content (AvgIpc) is 3.27. The summed E-state index contributed by atoms with van der Waals surface area (Å²) in [6.45, 7) is 3.86. The molecule has 1 saturated heterocycles. The van der Waals surface area contributed by atoms with Crippen LogP contribution >= 0.6 is 0 Å². The highest BCUT2D eigenvalue weighted by atomic mass is 19.1. The predicted molar refractivity (Wildman–Crippen MR) is 147 cm³/mol. The third-order valence-corrected chi connectivity index (χ3v) is 6.65. The van der Waals surface area contributed by atoms with Gasteiger partial charge in [-0.1, -0.05) is 26.0 Å². The number of Topliss-reactive ketones (excluding diaryl/α,β-unsaturated/α-hetero) is 1. The van der Waals surface area contributed by atoms with E-state index >= 15 is 0 Å². The summed E-state index contributed by atoms with van der Waals surface area (Å²) in [6, 6.07) is 10.2. The van der Waals surface area contributed by atoms with Crippen molar-refractivity contribution in [2.24, 2.45) is 5.92 Å². The van der Waals surface area contributed by atoms with Crippen molar-refractivity contribution in [2.45, 2.75) is 45.2 Å². The minimum Gasteiger partial charge on any atom is -0.497 e. The van der Waals surface area contributed by atoms with E-state index in [2.05, 4.69) is 16.0 Å². The molecule has 1 aromatic heterocycles. The van der Waals surface area contributed by atoms with Gasteiger partial charge in [0.15, 0.2) is 11.5 Å². The van der Waals surface area contributed by atoms with Crippen LogP contribution in [-0.2, 0) is 9.59 Å². The molecule has 1 fully saturated rings. The number of carbonyl (C=O) groups is 4. The van der Waals surface area contributed by atoms with E-state index in [0.29, 0.717) is 36.0 Å². The van der Waals surface area contributed by atoms with E-state index in [4.69, 9.17) is 9.15 Å².